The molecule has 0 aliphatic carbocycles. The number of hydrogen-bond donors (Lipinski definition) is 0. The molecule has 100 valence electrons. The van der Waals surface area contributed by atoms with Gasteiger partial charge in [-0.2, -0.15) is 0 Å². The summed E-state index contributed by atoms with van der Waals surface area (Å²) in [5.41, 5.74) is 2.19. The van der Waals surface area contributed by atoms with Gasteiger partial charge in [0.25, 0.3) is 0 Å². The average Bonchev–Trinajstić information content (AvgIpc) is 2.46. The van der Waals surface area contributed by atoms with Gasteiger partial charge in [0.2, 0.25) is 0 Å². The molecule has 0 unspecified atom stereocenters. The Hall–Kier alpha value is -1.52. The van der Waals surface area contributed by atoms with Crippen molar-refractivity contribution >= 4 is 15.9 Å². The van der Waals surface area contributed by atoms with Crippen molar-refractivity contribution in [1.82, 2.24) is 0 Å². The van der Waals surface area contributed by atoms with E-state index < -0.39 is 0 Å². The van der Waals surface area contributed by atoms with E-state index >= 15 is 0 Å². The second kappa shape index (κ2) is 6.59. The minimum atomic E-state index is 0.227. The normalized spacial score (nSPS) is 10.3. The van der Waals surface area contributed by atoms with Crippen molar-refractivity contribution in [2.45, 2.75) is 0 Å². The number of rotatable bonds is 5. The van der Waals surface area contributed by atoms with Gasteiger partial charge < -0.3 is 14.2 Å². The molecule has 0 aliphatic rings. The zero-order chi connectivity index (χ0) is 13.7. The van der Waals surface area contributed by atoms with Crippen molar-refractivity contribution in [3.8, 4) is 22.6 Å². The molecule has 0 radical (unpaired) electrons. The third-order valence-corrected chi connectivity index (χ3v) is 3.34. The van der Waals surface area contributed by atoms with Gasteiger partial charge in [-0.1, -0.05) is 18.2 Å². The molecule has 0 heterocycles. The summed E-state index contributed by atoms with van der Waals surface area (Å²) in [6, 6.07) is 13.9. The largest absolute Gasteiger partial charge is 0.497 e. The van der Waals surface area contributed by atoms with Crippen molar-refractivity contribution in [3.63, 3.8) is 0 Å². The molecule has 2 aromatic rings. The molecule has 0 aromatic heterocycles. The molecule has 19 heavy (non-hydrogen) atoms. The fraction of sp³-hybridized carbons (Fsp3) is 0.200. The van der Waals surface area contributed by atoms with Crippen LogP contribution in [0.15, 0.2) is 46.9 Å². The highest BCUT2D eigenvalue weighted by molar-refractivity contribution is 9.10. The number of hydrogen-bond acceptors (Lipinski definition) is 3. The Labute approximate surface area is 121 Å². The predicted molar refractivity (Wildman–Crippen MR) is 78.6 cm³/mol. The van der Waals surface area contributed by atoms with Crippen LogP contribution in [-0.2, 0) is 4.74 Å². The molecule has 0 spiro atoms. The highest BCUT2D eigenvalue weighted by Crippen LogP contribution is 2.31. The predicted octanol–water partition coefficient (Wildman–Crippen LogP) is 4.11. The average molecular weight is 323 g/mol. The topological polar surface area (TPSA) is 27.7 Å². The highest BCUT2D eigenvalue weighted by Gasteiger charge is 2.05. The van der Waals surface area contributed by atoms with Gasteiger partial charge in [0, 0.05) is 7.11 Å². The van der Waals surface area contributed by atoms with E-state index in [-0.39, 0.29) is 6.79 Å². The van der Waals surface area contributed by atoms with Crippen molar-refractivity contribution in [1.29, 1.82) is 0 Å². The third-order valence-electron chi connectivity index (χ3n) is 2.69. The maximum absolute atomic E-state index is 5.50. The van der Waals surface area contributed by atoms with Gasteiger partial charge in [-0.25, -0.2) is 0 Å². The van der Waals surface area contributed by atoms with Gasteiger partial charge in [-0.3, -0.25) is 0 Å². The van der Waals surface area contributed by atoms with Crippen LogP contribution >= 0.6 is 15.9 Å². The molecule has 2 rings (SSSR count). The van der Waals surface area contributed by atoms with Crippen LogP contribution < -0.4 is 9.47 Å². The molecule has 0 saturated heterocycles. The Bertz CT molecular complexity index is 538. The van der Waals surface area contributed by atoms with Crippen LogP contribution in [0.4, 0.5) is 0 Å². The van der Waals surface area contributed by atoms with Crippen LogP contribution in [0.3, 0.4) is 0 Å². The summed E-state index contributed by atoms with van der Waals surface area (Å²) in [5, 5.41) is 0. The van der Waals surface area contributed by atoms with Crippen molar-refractivity contribution in [3.05, 3.63) is 46.9 Å². The van der Waals surface area contributed by atoms with Crippen molar-refractivity contribution in [2.24, 2.45) is 0 Å². The summed E-state index contributed by atoms with van der Waals surface area (Å²) >= 11 is 3.46. The SMILES string of the molecule is COCOc1cc(-c2ccc(OC)cc2)ccc1Br. The van der Waals surface area contributed by atoms with E-state index in [4.69, 9.17) is 14.2 Å². The summed E-state index contributed by atoms with van der Waals surface area (Å²) in [4.78, 5) is 0. The van der Waals surface area contributed by atoms with E-state index in [2.05, 4.69) is 15.9 Å². The maximum atomic E-state index is 5.50. The second-order valence-corrected chi connectivity index (χ2v) is 4.78. The highest BCUT2D eigenvalue weighted by atomic mass is 79.9. The van der Waals surface area contributed by atoms with E-state index in [1.165, 1.54) is 0 Å². The first-order valence-electron chi connectivity index (χ1n) is 5.80. The Morgan fingerprint density at radius 2 is 1.63 bits per heavy atom. The smallest absolute Gasteiger partial charge is 0.188 e. The Kier molecular flexibility index (Phi) is 4.82. The minimum Gasteiger partial charge on any atom is -0.497 e. The molecule has 0 atom stereocenters. The molecule has 3 nitrogen and oxygen atoms in total. The van der Waals surface area contributed by atoms with Crippen LogP contribution in [0, 0.1) is 0 Å². The molecule has 0 aliphatic heterocycles. The molecule has 2 aromatic carbocycles. The number of ether oxygens (including phenoxy) is 3. The van der Waals surface area contributed by atoms with Gasteiger partial charge in [0.05, 0.1) is 11.6 Å². The van der Waals surface area contributed by atoms with E-state index in [0.717, 1.165) is 27.1 Å². The summed E-state index contributed by atoms with van der Waals surface area (Å²) in [7, 11) is 3.26. The lowest BCUT2D eigenvalue weighted by atomic mass is 10.1. The summed E-state index contributed by atoms with van der Waals surface area (Å²) in [6.07, 6.45) is 0. The van der Waals surface area contributed by atoms with Crippen molar-refractivity contribution in [2.75, 3.05) is 21.0 Å². The van der Waals surface area contributed by atoms with Crippen molar-refractivity contribution < 1.29 is 14.2 Å². The van der Waals surface area contributed by atoms with E-state index in [9.17, 15) is 0 Å². The molecular formula is C15H15BrO3. The Morgan fingerprint density at radius 1 is 0.947 bits per heavy atom. The monoisotopic (exact) mass is 322 g/mol. The van der Waals surface area contributed by atoms with E-state index in [0.29, 0.717) is 0 Å². The quantitative estimate of drug-likeness (QED) is 0.775. The van der Waals surface area contributed by atoms with Crippen LogP contribution in [0.5, 0.6) is 11.5 Å². The minimum absolute atomic E-state index is 0.227. The molecule has 4 heteroatoms. The number of methoxy groups -OCH3 is 2. The van der Waals surface area contributed by atoms with Gasteiger partial charge in [-0.05, 0) is 51.3 Å². The first kappa shape index (κ1) is 13.9. The van der Waals surface area contributed by atoms with Gasteiger partial charge in [-0.15, -0.1) is 0 Å². The van der Waals surface area contributed by atoms with Crippen LogP contribution in [0.2, 0.25) is 0 Å². The molecule has 0 amide bonds. The Morgan fingerprint density at radius 3 is 2.26 bits per heavy atom. The van der Waals surface area contributed by atoms with E-state index in [1.807, 2.05) is 42.5 Å². The van der Waals surface area contributed by atoms with Crippen LogP contribution in [-0.4, -0.2) is 21.0 Å². The number of halogens is 1. The Balaban J connectivity index is 2.28. The lowest BCUT2D eigenvalue weighted by Crippen LogP contribution is -1.99. The number of benzene rings is 2. The first-order valence-corrected chi connectivity index (χ1v) is 6.59. The van der Waals surface area contributed by atoms with E-state index in [1.54, 1.807) is 14.2 Å². The standard InChI is InChI=1S/C15H15BrO3/c1-17-10-19-15-9-12(5-8-14(15)16)11-3-6-13(18-2)7-4-11/h3-9H,10H2,1-2H3. The van der Waals surface area contributed by atoms with Crippen LogP contribution in [0.25, 0.3) is 11.1 Å². The third kappa shape index (κ3) is 3.49. The van der Waals surface area contributed by atoms with Gasteiger partial charge in [0.15, 0.2) is 6.79 Å². The summed E-state index contributed by atoms with van der Waals surface area (Å²) < 4.78 is 16.5. The second-order valence-electron chi connectivity index (χ2n) is 3.92. The zero-order valence-corrected chi connectivity index (χ0v) is 12.4. The summed E-state index contributed by atoms with van der Waals surface area (Å²) in [5.74, 6) is 1.60. The molecule has 0 N–H and O–H groups in total. The summed E-state index contributed by atoms with van der Waals surface area (Å²) in [6.45, 7) is 0.227. The lowest BCUT2D eigenvalue weighted by molar-refractivity contribution is 0.0506. The molecular weight excluding hydrogens is 308 g/mol. The maximum Gasteiger partial charge on any atom is 0.188 e. The zero-order valence-electron chi connectivity index (χ0n) is 10.9. The molecule has 0 fully saturated rings. The lowest BCUT2D eigenvalue weighted by Gasteiger charge is -2.10. The van der Waals surface area contributed by atoms with Gasteiger partial charge >= 0.3 is 0 Å². The molecule has 0 saturated carbocycles. The van der Waals surface area contributed by atoms with Gasteiger partial charge in [0.1, 0.15) is 11.5 Å². The fourth-order valence-corrected chi connectivity index (χ4v) is 2.06. The first-order chi connectivity index (χ1) is 9.24. The fourth-order valence-electron chi connectivity index (χ4n) is 1.70. The van der Waals surface area contributed by atoms with Crippen LogP contribution in [0.1, 0.15) is 0 Å². The molecule has 0 bridgehead atoms.